The molecule has 0 bridgehead atoms. The summed E-state index contributed by atoms with van der Waals surface area (Å²) in [5, 5.41) is 3.49. The lowest BCUT2D eigenvalue weighted by molar-refractivity contribution is -0.122. The molecule has 4 aromatic rings. The summed E-state index contributed by atoms with van der Waals surface area (Å²) in [5.41, 5.74) is 1.21. The van der Waals surface area contributed by atoms with Gasteiger partial charge in [-0.15, -0.1) is 0 Å². The average molecular weight is 501 g/mol. The van der Waals surface area contributed by atoms with E-state index < -0.39 is 23.6 Å². The van der Waals surface area contributed by atoms with Crippen molar-refractivity contribution in [2.75, 3.05) is 32.8 Å². The van der Waals surface area contributed by atoms with Crippen LogP contribution in [0.5, 0.6) is 28.7 Å². The van der Waals surface area contributed by atoms with Crippen molar-refractivity contribution in [2.24, 2.45) is 0 Å². The largest absolute Gasteiger partial charge is 0.497 e. The van der Waals surface area contributed by atoms with Crippen LogP contribution in [0.3, 0.4) is 0 Å². The van der Waals surface area contributed by atoms with Gasteiger partial charge in [0.2, 0.25) is 5.75 Å². The van der Waals surface area contributed by atoms with E-state index in [4.69, 9.17) is 28.1 Å². The van der Waals surface area contributed by atoms with Crippen LogP contribution in [0.25, 0.3) is 11.0 Å². The van der Waals surface area contributed by atoms with Gasteiger partial charge in [-0.1, -0.05) is 12.1 Å². The zero-order valence-electron chi connectivity index (χ0n) is 20.1. The van der Waals surface area contributed by atoms with E-state index in [1.807, 2.05) is 6.07 Å². The first-order valence-corrected chi connectivity index (χ1v) is 11.7. The van der Waals surface area contributed by atoms with Gasteiger partial charge in [0.05, 0.1) is 31.1 Å². The molecule has 9 nitrogen and oxygen atoms in total. The fourth-order valence-electron chi connectivity index (χ4n) is 4.78. The molecule has 0 radical (unpaired) electrons. The standard InChI is InChI=1S/C28H23NO8/c1-32-17-9-7-16(8-10-17)29-27(30)26-22(15-13-20(33-2)25-21(14-15)34-11-12-35-25)23-24(37-26)18-5-3-4-6-19(18)36-28(23)31/h3-10,13-14,22,26H,11-12H2,1-2H3,(H,29,30)/t22-,26-/m0/s1. The van der Waals surface area contributed by atoms with Gasteiger partial charge in [0.1, 0.15) is 30.3 Å². The number of amides is 1. The van der Waals surface area contributed by atoms with E-state index >= 15 is 0 Å². The number of carbonyl (C=O) groups is 1. The maximum Gasteiger partial charge on any atom is 0.344 e. The number of nitrogens with one attached hydrogen (secondary N) is 1. The molecule has 3 aromatic carbocycles. The van der Waals surface area contributed by atoms with Gasteiger partial charge in [0.25, 0.3) is 5.91 Å². The Morgan fingerprint density at radius 1 is 0.946 bits per heavy atom. The first kappa shape index (κ1) is 22.8. The lowest BCUT2D eigenvalue weighted by Crippen LogP contribution is -2.35. The number of methoxy groups -OCH3 is 2. The maximum atomic E-state index is 13.6. The molecule has 0 spiro atoms. The Hall–Kier alpha value is -4.66. The van der Waals surface area contributed by atoms with Crippen molar-refractivity contribution in [2.45, 2.75) is 12.0 Å². The van der Waals surface area contributed by atoms with Crippen molar-refractivity contribution in [3.8, 4) is 28.7 Å². The summed E-state index contributed by atoms with van der Waals surface area (Å²) >= 11 is 0. The highest BCUT2D eigenvalue weighted by molar-refractivity contribution is 5.97. The number of hydrogen-bond donors (Lipinski definition) is 1. The summed E-state index contributed by atoms with van der Waals surface area (Å²) in [6.07, 6.45) is -1.07. The minimum Gasteiger partial charge on any atom is -0.497 e. The van der Waals surface area contributed by atoms with Crippen LogP contribution in [0.15, 0.2) is 69.9 Å². The van der Waals surface area contributed by atoms with E-state index in [-0.39, 0.29) is 5.56 Å². The van der Waals surface area contributed by atoms with Crippen LogP contribution < -0.4 is 34.6 Å². The van der Waals surface area contributed by atoms with Gasteiger partial charge in [-0.05, 0) is 54.1 Å². The van der Waals surface area contributed by atoms with Crippen LogP contribution >= 0.6 is 0 Å². The predicted octanol–water partition coefficient (Wildman–Crippen LogP) is 4.11. The highest BCUT2D eigenvalue weighted by Crippen LogP contribution is 2.49. The van der Waals surface area contributed by atoms with Crippen LogP contribution in [-0.4, -0.2) is 39.4 Å². The molecule has 2 aliphatic rings. The molecular weight excluding hydrogens is 478 g/mol. The number of benzene rings is 3. The number of carbonyl (C=O) groups excluding carboxylic acids is 1. The lowest BCUT2D eigenvalue weighted by atomic mass is 9.87. The molecule has 9 heteroatoms. The summed E-state index contributed by atoms with van der Waals surface area (Å²) in [4.78, 5) is 26.9. The predicted molar refractivity (Wildman–Crippen MR) is 134 cm³/mol. The Balaban J connectivity index is 1.48. The normalized spacial score (nSPS) is 17.6. The van der Waals surface area contributed by atoms with Crippen LogP contribution in [0, 0.1) is 0 Å². The van der Waals surface area contributed by atoms with Crippen molar-refractivity contribution in [1.29, 1.82) is 0 Å². The molecule has 0 saturated heterocycles. The smallest absolute Gasteiger partial charge is 0.344 e. The Morgan fingerprint density at radius 2 is 1.73 bits per heavy atom. The minimum absolute atomic E-state index is 0.257. The summed E-state index contributed by atoms with van der Waals surface area (Å²) in [5.74, 6) is 1.13. The van der Waals surface area contributed by atoms with E-state index in [9.17, 15) is 9.59 Å². The van der Waals surface area contributed by atoms with E-state index in [0.717, 1.165) is 0 Å². The van der Waals surface area contributed by atoms with Gasteiger partial charge in [0.15, 0.2) is 17.6 Å². The van der Waals surface area contributed by atoms with E-state index in [0.29, 0.717) is 64.2 Å². The summed E-state index contributed by atoms with van der Waals surface area (Å²) in [7, 11) is 3.09. The third-order valence-electron chi connectivity index (χ3n) is 6.48. The summed E-state index contributed by atoms with van der Waals surface area (Å²) < 4.78 is 34.2. The number of rotatable bonds is 5. The molecule has 3 heterocycles. The Kier molecular flexibility index (Phi) is 5.60. The second-order valence-corrected chi connectivity index (χ2v) is 8.61. The molecule has 37 heavy (non-hydrogen) atoms. The van der Waals surface area contributed by atoms with Crippen molar-refractivity contribution < 1.29 is 32.9 Å². The van der Waals surface area contributed by atoms with Gasteiger partial charge in [-0.3, -0.25) is 4.79 Å². The minimum atomic E-state index is -1.07. The van der Waals surface area contributed by atoms with Crippen LogP contribution in [0.4, 0.5) is 5.69 Å². The zero-order chi connectivity index (χ0) is 25.5. The molecule has 2 aliphatic heterocycles. The zero-order valence-corrected chi connectivity index (χ0v) is 20.1. The van der Waals surface area contributed by atoms with Gasteiger partial charge < -0.3 is 33.4 Å². The molecule has 1 amide bonds. The second-order valence-electron chi connectivity index (χ2n) is 8.61. The fourth-order valence-corrected chi connectivity index (χ4v) is 4.78. The lowest BCUT2D eigenvalue weighted by Gasteiger charge is -2.24. The first-order chi connectivity index (χ1) is 18.1. The molecule has 0 unspecified atom stereocenters. The molecule has 0 aliphatic carbocycles. The molecule has 6 rings (SSSR count). The third-order valence-corrected chi connectivity index (χ3v) is 6.48. The summed E-state index contributed by atoms with van der Waals surface area (Å²) in [6, 6.07) is 17.5. The van der Waals surface area contributed by atoms with Gasteiger partial charge >= 0.3 is 5.63 Å². The Labute approximate surface area is 211 Å². The average Bonchev–Trinajstić information content (AvgIpc) is 3.35. The number of para-hydroxylation sites is 1. The monoisotopic (exact) mass is 501 g/mol. The van der Waals surface area contributed by atoms with Crippen LogP contribution in [0.1, 0.15) is 17.0 Å². The van der Waals surface area contributed by atoms with E-state index in [2.05, 4.69) is 5.32 Å². The number of fused-ring (bicyclic) bond motifs is 4. The maximum absolute atomic E-state index is 13.6. The number of anilines is 1. The third kappa shape index (κ3) is 3.88. The molecule has 1 N–H and O–H groups in total. The van der Waals surface area contributed by atoms with Crippen LogP contribution in [-0.2, 0) is 4.79 Å². The molecule has 0 saturated carbocycles. The number of hydrogen-bond acceptors (Lipinski definition) is 8. The van der Waals surface area contributed by atoms with Crippen molar-refractivity contribution in [3.05, 3.63) is 82.2 Å². The molecule has 188 valence electrons. The van der Waals surface area contributed by atoms with Crippen molar-refractivity contribution >= 4 is 22.6 Å². The molecule has 1 aromatic heterocycles. The summed E-state index contributed by atoms with van der Waals surface area (Å²) in [6.45, 7) is 0.756. The van der Waals surface area contributed by atoms with E-state index in [1.54, 1.807) is 61.7 Å². The molecule has 0 fully saturated rings. The van der Waals surface area contributed by atoms with E-state index in [1.165, 1.54) is 7.11 Å². The highest BCUT2D eigenvalue weighted by Gasteiger charge is 2.45. The van der Waals surface area contributed by atoms with Crippen molar-refractivity contribution in [3.63, 3.8) is 0 Å². The van der Waals surface area contributed by atoms with Gasteiger partial charge in [-0.2, -0.15) is 0 Å². The Bertz CT molecular complexity index is 1540. The fraction of sp³-hybridized carbons (Fsp3) is 0.214. The SMILES string of the molecule is COc1ccc(NC(=O)[C@H]2Oc3c(c(=O)oc4ccccc34)[C@@H]2c2cc(OC)c3c(c2)OCCO3)cc1. The second kappa shape index (κ2) is 9.09. The molecule has 2 atom stereocenters. The van der Waals surface area contributed by atoms with Crippen molar-refractivity contribution in [1.82, 2.24) is 0 Å². The quantitative estimate of drug-likeness (QED) is 0.408. The highest BCUT2D eigenvalue weighted by atomic mass is 16.6. The number of ether oxygens (including phenoxy) is 5. The van der Waals surface area contributed by atoms with Crippen LogP contribution in [0.2, 0.25) is 0 Å². The molecular formula is C28H23NO8. The Morgan fingerprint density at radius 3 is 2.51 bits per heavy atom. The first-order valence-electron chi connectivity index (χ1n) is 11.7. The van der Waals surface area contributed by atoms with Gasteiger partial charge in [-0.25, -0.2) is 4.79 Å². The topological polar surface area (TPSA) is 105 Å². The van der Waals surface area contributed by atoms with Gasteiger partial charge in [0, 0.05) is 5.69 Å².